The van der Waals surface area contributed by atoms with Gasteiger partial charge in [0.25, 0.3) is 0 Å². The minimum atomic E-state index is 0.739. The van der Waals surface area contributed by atoms with Crippen molar-refractivity contribution in [1.29, 1.82) is 0 Å². The number of fused-ring (bicyclic) bond motifs is 1. The fourth-order valence-corrected chi connectivity index (χ4v) is 2.42. The minimum Gasteiger partial charge on any atom is -0.397 e. The van der Waals surface area contributed by atoms with E-state index in [0.29, 0.717) is 0 Å². The number of aromatic nitrogens is 2. The molecule has 0 atom stereocenters. The van der Waals surface area contributed by atoms with E-state index in [9.17, 15) is 0 Å². The topological polar surface area (TPSA) is 66.7 Å². The van der Waals surface area contributed by atoms with Crippen LogP contribution in [-0.4, -0.2) is 9.97 Å². The second-order valence-corrected chi connectivity index (χ2v) is 5.07. The largest absolute Gasteiger partial charge is 0.397 e. The zero-order valence-electron chi connectivity index (χ0n) is 11.7. The number of nitrogens with zero attached hydrogens (tertiary/aromatic N) is 1. The van der Waals surface area contributed by atoms with E-state index in [1.165, 1.54) is 5.56 Å². The minimum absolute atomic E-state index is 0.739. The van der Waals surface area contributed by atoms with E-state index in [0.717, 1.165) is 40.3 Å². The summed E-state index contributed by atoms with van der Waals surface area (Å²) in [7, 11) is 0. The molecule has 0 fully saturated rings. The number of imidazole rings is 1. The standard InChI is InChI=1S/C16H18N4/c1-10-4-3-5-13(17)16(10)18-9-12-6-7-14-15(8-12)20-11(2)19-14/h3-8,18H,9,17H2,1-2H3,(H,19,20). The number of aromatic amines is 1. The first kappa shape index (κ1) is 12.5. The number of hydrogen-bond donors (Lipinski definition) is 3. The first-order chi connectivity index (χ1) is 9.63. The average Bonchev–Trinajstić information content (AvgIpc) is 2.77. The molecular weight excluding hydrogens is 248 g/mol. The molecule has 102 valence electrons. The number of benzene rings is 2. The summed E-state index contributed by atoms with van der Waals surface area (Å²) < 4.78 is 0. The number of nitrogens with two attached hydrogens (primary N) is 1. The van der Waals surface area contributed by atoms with Crippen LogP contribution >= 0.6 is 0 Å². The number of rotatable bonds is 3. The van der Waals surface area contributed by atoms with E-state index >= 15 is 0 Å². The highest BCUT2D eigenvalue weighted by Crippen LogP contribution is 2.23. The number of H-pyrrole nitrogens is 1. The summed E-state index contributed by atoms with van der Waals surface area (Å²) in [5, 5.41) is 3.41. The monoisotopic (exact) mass is 266 g/mol. The summed E-state index contributed by atoms with van der Waals surface area (Å²) in [6, 6.07) is 12.2. The van der Waals surface area contributed by atoms with Crippen LogP contribution < -0.4 is 11.1 Å². The quantitative estimate of drug-likeness (QED) is 0.637. The summed E-state index contributed by atoms with van der Waals surface area (Å²) >= 11 is 0. The summed E-state index contributed by atoms with van der Waals surface area (Å²) in [6.07, 6.45) is 0. The Morgan fingerprint density at radius 3 is 2.85 bits per heavy atom. The molecule has 0 bridgehead atoms. The molecule has 4 heteroatoms. The van der Waals surface area contributed by atoms with Gasteiger partial charge in [0.05, 0.1) is 22.4 Å². The van der Waals surface area contributed by atoms with Crippen LogP contribution in [0, 0.1) is 13.8 Å². The van der Waals surface area contributed by atoms with Crippen molar-refractivity contribution >= 4 is 22.4 Å². The highest BCUT2D eigenvalue weighted by molar-refractivity contribution is 5.76. The normalized spacial score (nSPS) is 10.9. The van der Waals surface area contributed by atoms with Crippen molar-refractivity contribution in [3.05, 3.63) is 53.3 Å². The third-order valence-corrected chi connectivity index (χ3v) is 3.44. The van der Waals surface area contributed by atoms with E-state index in [-0.39, 0.29) is 0 Å². The molecule has 0 aliphatic carbocycles. The van der Waals surface area contributed by atoms with Crippen molar-refractivity contribution in [1.82, 2.24) is 9.97 Å². The van der Waals surface area contributed by atoms with Gasteiger partial charge in [-0.25, -0.2) is 4.98 Å². The molecule has 3 aromatic rings. The Morgan fingerprint density at radius 2 is 2.05 bits per heavy atom. The smallest absolute Gasteiger partial charge is 0.104 e. The maximum absolute atomic E-state index is 6.00. The van der Waals surface area contributed by atoms with Crippen molar-refractivity contribution in [2.24, 2.45) is 0 Å². The summed E-state index contributed by atoms with van der Waals surface area (Å²) in [6.45, 7) is 4.76. The van der Waals surface area contributed by atoms with Crippen molar-refractivity contribution in [3.63, 3.8) is 0 Å². The molecule has 0 radical (unpaired) electrons. The van der Waals surface area contributed by atoms with Gasteiger partial charge < -0.3 is 16.0 Å². The maximum Gasteiger partial charge on any atom is 0.104 e. The van der Waals surface area contributed by atoms with Crippen LogP contribution in [0.15, 0.2) is 36.4 Å². The fourth-order valence-electron chi connectivity index (χ4n) is 2.42. The molecule has 3 rings (SSSR count). The molecule has 1 heterocycles. The molecule has 0 unspecified atom stereocenters. The van der Waals surface area contributed by atoms with Gasteiger partial charge >= 0.3 is 0 Å². The molecule has 4 nitrogen and oxygen atoms in total. The second kappa shape index (κ2) is 4.89. The highest BCUT2D eigenvalue weighted by atomic mass is 14.9. The molecule has 4 N–H and O–H groups in total. The second-order valence-electron chi connectivity index (χ2n) is 5.07. The number of hydrogen-bond acceptors (Lipinski definition) is 3. The highest BCUT2D eigenvalue weighted by Gasteiger charge is 2.04. The Hall–Kier alpha value is -2.49. The zero-order chi connectivity index (χ0) is 14.1. The van der Waals surface area contributed by atoms with Crippen molar-refractivity contribution in [3.8, 4) is 0 Å². The van der Waals surface area contributed by atoms with Crippen molar-refractivity contribution in [2.45, 2.75) is 20.4 Å². The molecule has 20 heavy (non-hydrogen) atoms. The fraction of sp³-hybridized carbons (Fsp3) is 0.188. The predicted octanol–water partition coefficient (Wildman–Crippen LogP) is 3.37. The molecule has 0 spiro atoms. The lowest BCUT2D eigenvalue weighted by Crippen LogP contribution is -2.04. The summed E-state index contributed by atoms with van der Waals surface area (Å²) in [5.74, 6) is 0.938. The van der Waals surface area contributed by atoms with Gasteiger partial charge in [-0.3, -0.25) is 0 Å². The van der Waals surface area contributed by atoms with Gasteiger partial charge in [0.1, 0.15) is 5.82 Å². The number of nitrogens with one attached hydrogen (secondary N) is 2. The SMILES string of the molecule is Cc1nc2ccc(CNc3c(C)cccc3N)cc2[nH]1. The number of nitrogen functional groups attached to an aromatic ring is 1. The van der Waals surface area contributed by atoms with Crippen LogP contribution in [0.25, 0.3) is 11.0 Å². The first-order valence-electron chi connectivity index (χ1n) is 6.68. The zero-order valence-corrected chi connectivity index (χ0v) is 11.7. The maximum atomic E-state index is 6.00. The summed E-state index contributed by atoms with van der Waals surface area (Å²) in [4.78, 5) is 7.66. The van der Waals surface area contributed by atoms with E-state index < -0.39 is 0 Å². The van der Waals surface area contributed by atoms with Crippen LogP contribution in [0.4, 0.5) is 11.4 Å². The molecule has 0 amide bonds. The molecule has 0 saturated heterocycles. The van der Waals surface area contributed by atoms with Gasteiger partial charge in [-0.15, -0.1) is 0 Å². The van der Waals surface area contributed by atoms with Gasteiger partial charge in [0.15, 0.2) is 0 Å². The molecule has 1 aromatic heterocycles. The molecular formula is C16H18N4. The van der Waals surface area contributed by atoms with Gasteiger partial charge in [0.2, 0.25) is 0 Å². The van der Waals surface area contributed by atoms with Crippen LogP contribution in [0.5, 0.6) is 0 Å². The number of para-hydroxylation sites is 1. The molecule has 2 aromatic carbocycles. The van der Waals surface area contributed by atoms with Crippen molar-refractivity contribution in [2.75, 3.05) is 11.1 Å². The predicted molar refractivity (Wildman–Crippen MR) is 83.7 cm³/mol. The third-order valence-electron chi connectivity index (χ3n) is 3.44. The van der Waals surface area contributed by atoms with E-state index in [2.05, 4.69) is 40.4 Å². The van der Waals surface area contributed by atoms with Crippen LogP contribution in [-0.2, 0) is 6.54 Å². The molecule has 0 aliphatic rings. The van der Waals surface area contributed by atoms with E-state index in [1.54, 1.807) is 0 Å². The van der Waals surface area contributed by atoms with Gasteiger partial charge in [-0.2, -0.15) is 0 Å². The lowest BCUT2D eigenvalue weighted by molar-refractivity contribution is 1.14. The molecule has 0 saturated carbocycles. The number of aryl methyl sites for hydroxylation is 2. The Morgan fingerprint density at radius 1 is 1.20 bits per heavy atom. The number of anilines is 2. The van der Waals surface area contributed by atoms with E-state index in [1.807, 2.05) is 25.1 Å². The summed E-state index contributed by atoms with van der Waals surface area (Å²) in [5.41, 5.74) is 12.2. The van der Waals surface area contributed by atoms with Crippen molar-refractivity contribution < 1.29 is 0 Å². The average molecular weight is 266 g/mol. The Bertz CT molecular complexity index is 738. The Balaban J connectivity index is 1.83. The van der Waals surface area contributed by atoms with Crippen LogP contribution in [0.3, 0.4) is 0 Å². The van der Waals surface area contributed by atoms with Gasteiger partial charge in [-0.1, -0.05) is 18.2 Å². The Labute approximate surface area is 118 Å². The lowest BCUT2D eigenvalue weighted by Gasteiger charge is -2.12. The van der Waals surface area contributed by atoms with Gasteiger partial charge in [0, 0.05) is 6.54 Å². The third kappa shape index (κ3) is 2.32. The van der Waals surface area contributed by atoms with Gasteiger partial charge in [-0.05, 0) is 43.2 Å². The van der Waals surface area contributed by atoms with Crippen LogP contribution in [0.1, 0.15) is 17.0 Å². The molecule has 0 aliphatic heterocycles. The first-order valence-corrected chi connectivity index (χ1v) is 6.68. The Kier molecular flexibility index (Phi) is 3.06. The van der Waals surface area contributed by atoms with Crippen LogP contribution in [0.2, 0.25) is 0 Å². The van der Waals surface area contributed by atoms with E-state index in [4.69, 9.17) is 5.73 Å². The lowest BCUT2D eigenvalue weighted by atomic mass is 10.1.